The lowest BCUT2D eigenvalue weighted by atomic mass is 10.3. The minimum Gasteiger partial charge on any atom is -0.460 e. The zero-order chi connectivity index (χ0) is 20.5. The molecule has 150 valence electrons. The Morgan fingerprint density at radius 3 is 2.69 bits per heavy atom. The maximum absolute atomic E-state index is 12.9. The van der Waals surface area contributed by atoms with Gasteiger partial charge < -0.3 is 9.73 Å². The van der Waals surface area contributed by atoms with Crippen LogP contribution >= 0.6 is 12.2 Å². The van der Waals surface area contributed by atoms with Gasteiger partial charge in [0.25, 0.3) is 5.56 Å². The predicted molar refractivity (Wildman–Crippen MR) is 118 cm³/mol. The van der Waals surface area contributed by atoms with Crippen molar-refractivity contribution in [1.82, 2.24) is 14.8 Å². The Balaban J connectivity index is 1.43. The number of aromatic nitrogens is 2. The molecule has 1 saturated carbocycles. The molecule has 1 aliphatic carbocycles. The molecule has 1 aliphatic rings. The van der Waals surface area contributed by atoms with Gasteiger partial charge in [-0.05, 0) is 55.7 Å². The Bertz CT molecular complexity index is 1130. The molecular formula is C21H23N5O2S. The van der Waals surface area contributed by atoms with E-state index < -0.39 is 0 Å². The van der Waals surface area contributed by atoms with Crippen molar-refractivity contribution in [3.8, 4) is 5.69 Å². The highest BCUT2D eigenvalue weighted by molar-refractivity contribution is 7.80. The summed E-state index contributed by atoms with van der Waals surface area (Å²) in [5, 5.41) is 7.30. The van der Waals surface area contributed by atoms with E-state index in [2.05, 4.69) is 22.8 Å². The third-order valence-corrected chi connectivity index (χ3v) is 5.47. The van der Waals surface area contributed by atoms with Crippen LogP contribution in [0.5, 0.6) is 0 Å². The molecule has 8 heteroatoms. The summed E-state index contributed by atoms with van der Waals surface area (Å²) >= 11 is 5.29. The highest BCUT2D eigenvalue weighted by Gasteiger charge is 2.36. The van der Waals surface area contributed by atoms with Crippen molar-refractivity contribution in [3.05, 3.63) is 70.0 Å². The molecule has 0 bridgehead atoms. The van der Waals surface area contributed by atoms with E-state index in [1.54, 1.807) is 15.6 Å². The molecule has 2 aromatic heterocycles. The fourth-order valence-corrected chi connectivity index (χ4v) is 3.52. The predicted octanol–water partition coefficient (Wildman–Crippen LogP) is 3.52. The van der Waals surface area contributed by atoms with Crippen molar-refractivity contribution in [1.29, 1.82) is 0 Å². The molecule has 0 aliphatic heterocycles. The summed E-state index contributed by atoms with van der Waals surface area (Å²) in [4.78, 5) is 12.9. The van der Waals surface area contributed by atoms with E-state index in [1.807, 2.05) is 56.4 Å². The SMILES string of the molecule is Cc1c(NC(=S)N/N=C\c2ccc([C@@H]3C[C@H]3C)o2)c(=O)n(-c2ccccc2)n1C. The van der Waals surface area contributed by atoms with Crippen LogP contribution in [-0.2, 0) is 7.05 Å². The molecule has 7 nitrogen and oxygen atoms in total. The Kier molecular flexibility index (Phi) is 5.10. The first-order valence-electron chi connectivity index (χ1n) is 9.49. The molecule has 2 heterocycles. The first kappa shape index (κ1) is 19.2. The molecule has 2 N–H and O–H groups in total. The highest BCUT2D eigenvalue weighted by Crippen LogP contribution is 2.47. The Labute approximate surface area is 174 Å². The van der Waals surface area contributed by atoms with Crippen LogP contribution in [0.4, 0.5) is 5.69 Å². The highest BCUT2D eigenvalue weighted by atomic mass is 32.1. The van der Waals surface area contributed by atoms with Gasteiger partial charge in [0.05, 0.1) is 17.6 Å². The summed E-state index contributed by atoms with van der Waals surface area (Å²) in [6.07, 6.45) is 2.75. The smallest absolute Gasteiger partial charge is 0.295 e. The lowest BCUT2D eigenvalue weighted by Gasteiger charge is -2.07. The summed E-state index contributed by atoms with van der Waals surface area (Å²) in [5.74, 6) is 2.88. The molecule has 0 saturated heterocycles. The zero-order valence-electron chi connectivity index (χ0n) is 16.5. The normalized spacial score (nSPS) is 18.2. The second kappa shape index (κ2) is 7.71. The third kappa shape index (κ3) is 3.88. The van der Waals surface area contributed by atoms with Gasteiger partial charge in [0.1, 0.15) is 17.2 Å². The first-order valence-corrected chi connectivity index (χ1v) is 9.90. The minimum atomic E-state index is -0.182. The van der Waals surface area contributed by atoms with Gasteiger partial charge in [-0.3, -0.25) is 14.9 Å². The summed E-state index contributed by atoms with van der Waals surface area (Å²) in [7, 11) is 1.83. The van der Waals surface area contributed by atoms with E-state index in [4.69, 9.17) is 16.6 Å². The molecule has 0 unspecified atom stereocenters. The topological polar surface area (TPSA) is 76.5 Å². The molecule has 0 amide bonds. The van der Waals surface area contributed by atoms with Crippen molar-refractivity contribution in [2.75, 3.05) is 5.32 Å². The average molecular weight is 410 g/mol. The fourth-order valence-electron chi connectivity index (χ4n) is 3.36. The van der Waals surface area contributed by atoms with E-state index in [0.29, 0.717) is 23.3 Å². The maximum atomic E-state index is 12.9. The van der Waals surface area contributed by atoms with Crippen LogP contribution in [0.15, 0.2) is 56.8 Å². The number of para-hydroxylation sites is 1. The monoisotopic (exact) mass is 409 g/mol. The van der Waals surface area contributed by atoms with Gasteiger partial charge in [-0.1, -0.05) is 25.1 Å². The molecule has 29 heavy (non-hydrogen) atoms. The maximum Gasteiger partial charge on any atom is 0.295 e. The second-order valence-corrected chi connectivity index (χ2v) is 7.73. The molecule has 1 aromatic carbocycles. The van der Waals surface area contributed by atoms with E-state index in [1.165, 1.54) is 6.42 Å². The van der Waals surface area contributed by atoms with Crippen LogP contribution in [-0.4, -0.2) is 20.7 Å². The number of nitrogens with zero attached hydrogens (tertiary/aromatic N) is 3. The number of anilines is 1. The van der Waals surface area contributed by atoms with Gasteiger partial charge in [-0.15, -0.1) is 0 Å². The second-order valence-electron chi connectivity index (χ2n) is 7.32. The fraction of sp³-hybridized carbons (Fsp3) is 0.286. The van der Waals surface area contributed by atoms with Gasteiger partial charge in [0.15, 0.2) is 5.11 Å². The van der Waals surface area contributed by atoms with Gasteiger partial charge in [0.2, 0.25) is 0 Å². The number of furan rings is 1. The number of nitrogens with one attached hydrogen (secondary N) is 2. The van der Waals surface area contributed by atoms with Gasteiger partial charge in [0, 0.05) is 13.0 Å². The Morgan fingerprint density at radius 2 is 2.00 bits per heavy atom. The first-order chi connectivity index (χ1) is 14.0. The minimum absolute atomic E-state index is 0.182. The zero-order valence-corrected chi connectivity index (χ0v) is 17.4. The number of hydrogen-bond donors (Lipinski definition) is 2. The number of hydrazone groups is 1. The van der Waals surface area contributed by atoms with Crippen LogP contribution in [0.3, 0.4) is 0 Å². The Morgan fingerprint density at radius 1 is 1.28 bits per heavy atom. The van der Waals surface area contributed by atoms with E-state index in [-0.39, 0.29) is 10.7 Å². The van der Waals surface area contributed by atoms with Crippen molar-refractivity contribution in [2.45, 2.75) is 26.2 Å². The third-order valence-electron chi connectivity index (χ3n) is 5.27. The van der Waals surface area contributed by atoms with Gasteiger partial charge in [-0.25, -0.2) is 4.68 Å². The van der Waals surface area contributed by atoms with Crippen LogP contribution in [0.1, 0.15) is 36.5 Å². The quantitative estimate of drug-likeness (QED) is 0.383. The van der Waals surface area contributed by atoms with Crippen LogP contribution in [0, 0.1) is 12.8 Å². The van der Waals surface area contributed by atoms with E-state index in [0.717, 1.165) is 17.1 Å². The molecule has 0 spiro atoms. The molecule has 4 rings (SSSR count). The number of rotatable bonds is 5. The standard InChI is InChI=1S/C21H23N5O2S/c1-13-11-17(13)18-10-9-16(28-18)12-22-24-21(29)23-19-14(2)25(3)26(20(19)27)15-7-5-4-6-8-15/h4-10,12-13,17H,11H2,1-3H3,(H2,23,24,29)/b22-12-/t13-,17-/m1/s1. The Hall–Kier alpha value is -3.13. The summed E-state index contributed by atoms with van der Waals surface area (Å²) < 4.78 is 9.15. The van der Waals surface area contributed by atoms with Crippen molar-refractivity contribution >= 4 is 29.2 Å². The van der Waals surface area contributed by atoms with Crippen molar-refractivity contribution in [3.63, 3.8) is 0 Å². The average Bonchev–Trinajstić information content (AvgIpc) is 3.18. The molecule has 0 radical (unpaired) electrons. The lowest BCUT2D eigenvalue weighted by molar-refractivity contribution is 0.500. The van der Waals surface area contributed by atoms with Crippen LogP contribution < -0.4 is 16.3 Å². The molecule has 1 fully saturated rings. The number of hydrogen-bond acceptors (Lipinski definition) is 4. The van der Waals surface area contributed by atoms with E-state index >= 15 is 0 Å². The van der Waals surface area contributed by atoms with Crippen molar-refractivity contribution in [2.24, 2.45) is 18.1 Å². The van der Waals surface area contributed by atoms with Gasteiger partial charge in [-0.2, -0.15) is 5.10 Å². The summed E-state index contributed by atoms with van der Waals surface area (Å²) in [5.41, 5.74) is 4.51. The molecule has 3 aromatic rings. The molecule has 2 atom stereocenters. The van der Waals surface area contributed by atoms with E-state index in [9.17, 15) is 4.79 Å². The van der Waals surface area contributed by atoms with Gasteiger partial charge >= 0.3 is 0 Å². The summed E-state index contributed by atoms with van der Waals surface area (Å²) in [6, 6.07) is 13.3. The number of thiocarbonyl (C=S) groups is 1. The molecular weight excluding hydrogens is 386 g/mol. The van der Waals surface area contributed by atoms with Crippen LogP contribution in [0.2, 0.25) is 0 Å². The lowest BCUT2D eigenvalue weighted by Crippen LogP contribution is -2.28. The number of benzene rings is 1. The van der Waals surface area contributed by atoms with Crippen LogP contribution in [0.25, 0.3) is 5.69 Å². The largest absolute Gasteiger partial charge is 0.460 e. The summed E-state index contributed by atoms with van der Waals surface area (Å²) in [6.45, 7) is 4.07. The van der Waals surface area contributed by atoms with Crippen molar-refractivity contribution < 1.29 is 4.42 Å².